The Hall–Kier alpha value is -1.84. The molecule has 0 fully saturated rings. The number of hydrogen-bond donors (Lipinski definition) is 1. The number of amides is 1. The van der Waals surface area contributed by atoms with Crippen LogP contribution >= 0.6 is 0 Å². The number of benzene rings is 1. The predicted octanol–water partition coefficient (Wildman–Crippen LogP) is 3.64. The first kappa shape index (κ1) is 19.2. The maximum Gasteiger partial charge on any atom is 0.329 e. The number of nitrogens with one attached hydrogen (secondary N) is 1. The van der Waals surface area contributed by atoms with Crippen LogP contribution in [0.1, 0.15) is 58.4 Å². The summed E-state index contributed by atoms with van der Waals surface area (Å²) in [5.74, 6) is -0.578. The number of rotatable bonds is 10. The van der Waals surface area contributed by atoms with Crippen LogP contribution in [0.5, 0.6) is 0 Å². The molecule has 0 bridgehead atoms. The van der Waals surface area contributed by atoms with Gasteiger partial charge in [-0.1, -0.05) is 56.5 Å². The molecule has 1 aromatic carbocycles. The van der Waals surface area contributed by atoms with Crippen molar-refractivity contribution < 1.29 is 14.3 Å². The van der Waals surface area contributed by atoms with Crippen molar-refractivity contribution >= 4 is 11.9 Å². The average molecular weight is 319 g/mol. The summed E-state index contributed by atoms with van der Waals surface area (Å²) in [4.78, 5) is 23.7. The maximum atomic E-state index is 12.3. The van der Waals surface area contributed by atoms with Crippen molar-refractivity contribution in [3.8, 4) is 0 Å². The number of carbonyl (C=O) groups is 2. The topological polar surface area (TPSA) is 55.4 Å². The van der Waals surface area contributed by atoms with Crippen molar-refractivity contribution in [3.63, 3.8) is 0 Å². The number of unbranched alkanes of at least 4 members (excludes halogenated alkanes) is 3. The van der Waals surface area contributed by atoms with Gasteiger partial charge < -0.3 is 10.1 Å². The predicted molar refractivity (Wildman–Crippen MR) is 92.1 cm³/mol. The first-order valence-corrected chi connectivity index (χ1v) is 8.54. The van der Waals surface area contributed by atoms with E-state index in [1.165, 1.54) is 19.8 Å². The summed E-state index contributed by atoms with van der Waals surface area (Å²) >= 11 is 0. The fourth-order valence-corrected chi connectivity index (χ4v) is 2.49. The summed E-state index contributed by atoms with van der Waals surface area (Å²) in [5.41, 5.74) is 0.999. The molecule has 2 atom stereocenters. The number of carbonyl (C=O) groups excluding carboxylic acids is 2. The molecule has 4 heteroatoms. The van der Waals surface area contributed by atoms with Crippen LogP contribution in [0, 0.1) is 0 Å². The van der Waals surface area contributed by atoms with Crippen molar-refractivity contribution in [2.75, 3.05) is 0 Å². The number of hydrogen-bond acceptors (Lipinski definition) is 3. The first-order chi connectivity index (χ1) is 11.0. The standard InChI is InChI=1S/C19H29NO3/c1-4-5-6-8-11-15(2)23-19(22)18(20-16(3)21)14-17-12-9-7-10-13-17/h7,9-10,12-13,15,18H,4-6,8,11,14H2,1-3H3,(H,20,21)/t15-,18-/m0/s1. The van der Waals surface area contributed by atoms with Gasteiger partial charge in [0, 0.05) is 13.3 Å². The summed E-state index contributed by atoms with van der Waals surface area (Å²) < 4.78 is 5.51. The lowest BCUT2D eigenvalue weighted by Crippen LogP contribution is -2.43. The Morgan fingerprint density at radius 2 is 1.83 bits per heavy atom. The van der Waals surface area contributed by atoms with E-state index < -0.39 is 6.04 Å². The zero-order valence-corrected chi connectivity index (χ0v) is 14.5. The van der Waals surface area contributed by atoms with Gasteiger partial charge in [0.2, 0.25) is 5.91 Å². The molecular formula is C19H29NO3. The van der Waals surface area contributed by atoms with E-state index in [2.05, 4.69) is 12.2 Å². The van der Waals surface area contributed by atoms with E-state index >= 15 is 0 Å². The Labute approximate surface area is 139 Å². The number of ether oxygens (including phenoxy) is 1. The Morgan fingerprint density at radius 1 is 1.13 bits per heavy atom. The molecule has 23 heavy (non-hydrogen) atoms. The van der Waals surface area contributed by atoms with Gasteiger partial charge in [0.1, 0.15) is 6.04 Å². The van der Waals surface area contributed by atoms with Gasteiger partial charge in [-0.25, -0.2) is 4.79 Å². The molecule has 0 aliphatic heterocycles. The molecule has 0 aliphatic rings. The van der Waals surface area contributed by atoms with Gasteiger partial charge in [-0.15, -0.1) is 0 Å². The van der Waals surface area contributed by atoms with Crippen LogP contribution in [0.4, 0.5) is 0 Å². The van der Waals surface area contributed by atoms with Gasteiger partial charge in [0.25, 0.3) is 0 Å². The normalized spacial score (nSPS) is 13.2. The van der Waals surface area contributed by atoms with Crippen LogP contribution < -0.4 is 5.32 Å². The van der Waals surface area contributed by atoms with E-state index in [1.54, 1.807) is 0 Å². The second kappa shape index (κ2) is 10.8. The first-order valence-electron chi connectivity index (χ1n) is 8.54. The van der Waals surface area contributed by atoms with Crippen molar-refractivity contribution in [2.24, 2.45) is 0 Å². The Bertz CT molecular complexity index is 473. The molecule has 1 aromatic rings. The van der Waals surface area contributed by atoms with Gasteiger partial charge >= 0.3 is 5.97 Å². The highest BCUT2D eigenvalue weighted by Gasteiger charge is 2.23. The minimum Gasteiger partial charge on any atom is -0.461 e. The molecule has 0 aliphatic carbocycles. The van der Waals surface area contributed by atoms with E-state index in [0.29, 0.717) is 6.42 Å². The van der Waals surface area contributed by atoms with E-state index in [0.717, 1.165) is 24.8 Å². The molecule has 1 amide bonds. The molecule has 1 N–H and O–H groups in total. The zero-order valence-electron chi connectivity index (χ0n) is 14.5. The fraction of sp³-hybridized carbons (Fsp3) is 0.579. The van der Waals surface area contributed by atoms with Crippen molar-refractivity contribution in [1.82, 2.24) is 5.32 Å². The largest absolute Gasteiger partial charge is 0.461 e. The molecule has 0 saturated heterocycles. The Morgan fingerprint density at radius 3 is 2.43 bits per heavy atom. The van der Waals surface area contributed by atoms with Crippen LogP contribution in [0.15, 0.2) is 30.3 Å². The monoisotopic (exact) mass is 319 g/mol. The second-order valence-corrected chi connectivity index (χ2v) is 6.04. The molecule has 0 unspecified atom stereocenters. The minimum atomic E-state index is -0.631. The van der Waals surface area contributed by atoms with E-state index in [9.17, 15) is 9.59 Å². The van der Waals surface area contributed by atoms with Crippen LogP contribution in [0.3, 0.4) is 0 Å². The van der Waals surface area contributed by atoms with Gasteiger partial charge in [0.15, 0.2) is 0 Å². The highest BCUT2D eigenvalue weighted by Crippen LogP contribution is 2.11. The third-order valence-electron chi connectivity index (χ3n) is 3.73. The van der Waals surface area contributed by atoms with Crippen LogP contribution in [-0.2, 0) is 20.7 Å². The van der Waals surface area contributed by atoms with E-state index in [1.807, 2.05) is 37.3 Å². The van der Waals surface area contributed by atoms with E-state index in [-0.39, 0.29) is 18.0 Å². The molecule has 0 spiro atoms. The van der Waals surface area contributed by atoms with Gasteiger partial charge in [-0.3, -0.25) is 4.79 Å². The third kappa shape index (κ3) is 8.38. The lowest BCUT2D eigenvalue weighted by atomic mass is 10.1. The minimum absolute atomic E-state index is 0.119. The van der Waals surface area contributed by atoms with Crippen molar-refractivity contribution in [2.45, 2.75) is 71.4 Å². The SMILES string of the molecule is CCCCCC[C@H](C)OC(=O)[C@H](Cc1ccccc1)NC(C)=O. The number of esters is 1. The maximum absolute atomic E-state index is 12.3. The molecule has 128 valence electrons. The Balaban J connectivity index is 2.52. The molecule has 4 nitrogen and oxygen atoms in total. The molecular weight excluding hydrogens is 290 g/mol. The molecule has 1 rings (SSSR count). The Kier molecular flexibility index (Phi) is 9.03. The summed E-state index contributed by atoms with van der Waals surface area (Å²) in [6.07, 6.45) is 5.82. The lowest BCUT2D eigenvalue weighted by molar-refractivity contribution is -0.152. The smallest absolute Gasteiger partial charge is 0.329 e. The molecule has 0 radical (unpaired) electrons. The fourth-order valence-electron chi connectivity index (χ4n) is 2.49. The van der Waals surface area contributed by atoms with E-state index in [4.69, 9.17) is 4.74 Å². The van der Waals surface area contributed by atoms with Gasteiger partial charge in [-0.05, 0) is 25.3 Å². The lowest BCUT2D eigenvalue weighted by Gasteiger charge is -2.20. The highest BCUT2D eigenvalue weighted by atomic mass is 16.5. The molecule has 0 heterocycles. The summed E-state index contributed by atoms with van der Waals surface area (Å²) in [5, 5.41) is 2.70. The summed E-state index contributed by atoms with van der Waals surface area (Å²) in [7, 11) is 0. The van der Waals surface area contributed by atoms with Crippen molar-refractivity contribution in [1.29, 1.82) is 0 Å². The van der Waals surface area contributed by atoms with Gasteiger partial charge in [0.05, 0.1) is 6.10 Å². The molecule has 0 aromatic heterocycles. The zero-order chi connectivity index (χ0) is 17.1. The summed E-state index contributed by atoms with van der Waals surface area (Å²) in [6.45, 7) is 5.50. The molecule has 0 saturated carbocycles. The quantitative estimate of drug-likeness (QED) is 0.529. The van der Waals surface area contributed by atoms with Crippen molar-refractivity contribution in [3.05, 3.63) is 35.9 Å². The van der Waals surface area contributed by atoms with Gasteiger partial charge in [-0.2, -0.15) is 0 Å². The average Bonchev–Trinajstić information content (AvgIpc) is 2.51. The summed E-state index contributed by atoms with van der Waals surface area (Å²) in [6, 6.07) is 9.01. The third-order valence-corrected chi connectivity index (χ3v) is 3.73. The second-order valence-electron chi connectivity index (χ2n) is 6.04. The van der Waals surface area contributed by atoms with Crippen LogP contribution in [0.25, 0.3) is 0 Å². The van der Waals surface area contributed by atoms with Crippen LogP contribution in [-0.4, -0.2) is 24.0 Å². The highest BCUT2D eigenvalue weighted by molar-refractivity contribution is 5.83. The van der Waals surface area contributed by atoms with Crippen LogP contribution in [0.2, 0.25) is 0 Å².